The Labute approximate surface area is 110 Å². The second-order valence-corrected chi connectivity index (χ2v) is 4.49. The van der Waals surface area contributed by atoms with E-state index in [4.69, 9.17) is 16.3 Å². The summed E-state index contributed by atoms with van der Waals surface area (Å²) in [6.45, 7) is 2.15. The highest BCUT2D eigenvalue weighted by atomic mass is 35.5. The fraction of sp³-hybridized carbons (Fsp3) is 0.545. The molecule has 7 heteroatoms. The van der Waals surface area contributed by atoms with Crippen molar-refractivity contribution in [1.82, 2.24) is 14.9 Å². The molecule has 1 aromatic heterocycles. The summed E-state index contributed by atoms with van der Waals surface area (Å²) < 4.78 is 5.13. The molecule has 6 nitrogen and oxygen atoms in total. The van der Waals surface area contributed by atoms with E-state index >= 15 is 0 Å². The number of aliphatic hydroxyl groups is 1. The van der Waals surface area contributed by atoms with Crippen LogP contribution in [0, 0.1) is 6.92 Å². The fourth-order valence-corrected chi connectivity index (χ4v) is 1.91. The van der Waals surface area contributed by atoms with Gasteiger partial charge in [0.25, 0.3) is 0 Å². The zero-order valence-electron chi connectivity index (χ0n) is 9.97. The van der Waals surface area contributed by atoms with Gasteiger partial charge >= 0.3 is 6.09 Å². The molecule has 1 N–H and O–H groups in total. The Hall–Kier alpha value is -1.40. The summed E-state index contributed by atoms with van der Waals surface area (Å²) in [7, 11) is 0. The molecule has 0 bridgehead atoms. The third kappa shape index (κ3) is 2.70. The lowest BCUT2D eigenvalue weighted by atomic mass is 10.1. The number of hydrogen-bond acceptors (Lipinski definition) is 5. The molecule has 1 atom stereocenters. The third-order valence-corrected chi connectivity index (χ3v) is 3.25. The summed E-state index contributed by atoms with van der Waals surface area (Å²) in [4.78, 5) is 20.8. The number of rotatable bonds is 1. The van der Waals surface area contributed by atoms with E-state index < -0.39 is 12.3 Å². The smallest absolute Gasteiger partial charge is 0.391 e. The molecule has 0 saturated carbocycles. The Morgan fingerprint density at radius 1 is 1.56 bits per heavy atom. The van der Waals surface area contributed by atoms with Crippen LogP contribution in [0.4, 0.5) is 4.79 Å². The lowest BCUT2D eigenvalue weighted by Crippen LogP contribution is -2.45. The molecule has 2 heterocycles. The Kier molecular flexibility index (Phi) is 3.98. The highest BCUT2D eigenvalue weighted by Crippen LogP contribution is 2.22. The van der Waals surface area contributed by atoms with Crippen molar-refractivity contribution < 1.29 is 14.6 Å². The predicted octanol–water partition coefficient (Wildman–Crippen LogP) is 1.74. The first kappa shape index (κ1) is 13.0. The Balaban J connectivity index is 2.09. The minimum atomic E-state index is -0.788. The van der Waals surface area contributed by atoms with Gasteiger partial charge in [0.2, 0.25) is 5.88 Å². The maximum Gasteiger partial charge on any atom is 0.418 e. The summed E-state index contributed by atoms with van der Waals surface area (Å²) in [6.07, 6.45) is 2.16. The van der Waals surface area contributed by atoms with Gasteiger partial charge in [0, 0.05) is 12.1 Å². The largest absolute Gasteiger partial charge is 0.418 e. The van der Waals surface area contributed by atoms with E-state index in [2.05, 4.69) is 9.97 Å². The van der Waals surface area contributed by atoms with Gasteiger partial charge in [0.1, 0.15) is 17.7 Å². The molecule has 1 unspecified atom stereocenters. The number of piperidine rings is 1. The van der Waals surface area contributed by atoms with Crippen LogP contribution in [0.3, 0.4) is 0 Å². The Bertz CT molecular complexity index is 455. The number of likely N-dealkylation sites (tertiary alicyclic amines) is 1. The average molecular weight is 272 g/mol. The number of aliphatic hydroxyl groups excluding tert-OH is 1. The Morgan fingerprint density at radius 2 is 2.33 bits per heavy atom. The number of carbonyl (C=O) groups excluding carboxylic acids is 1. The van der Waals surface area contributed by atoms with Gasteiger partial charge in [-0.1, -0.05) is 11.6 Å². The van der Waals surface area contributed by atoms with Gasteiger partial charge in [-0.05, 0) is 26.2 Å². The zero-order chi connectivity index (χ0) is 13.1. The first-order chi connectivity index (χ1) is 8.59. The van der Waals surface area contributed by atoms with Crippen LogP contribution in [-0.2, 0) is 0 Å². The van der Waals surface area contributed by atoms with E-state index in [0.29, 0.717) is 18.5 Å². The normalized spacial score (nSPS) is 19.7. The van der Waals surface area contributed by atoms with Crippen LogP contribution >= 0.6 is 11.6 Å². The van der Waals surface area contributed by atoms with Gasteiger partial charge in [-0.3, -0.25) is 4.90 Å². The quantitative estimate of drug-likeness (QED) is 0.788. The molecule has 0 spiro atoms. The lowest BCUT2D eigenvalue weighted by molar-refractivity contribution is -0.00916. The minimum absolute atomic E-state index is 0.123. The second kappa shape index (κ2) is 5.49. The zero-order valence-corrected chi connectivity index (χ0v) is 10.7. The van der Waals surface area contributed by atoms with E-state index in [1.165, 1.54) is 11.2 Å². The highest BCUT2D eigenvalue weighted by molar-refractivity contribution is 6.30. The van der Waals surface area contributed by atoms with E-state index in [0.717, 1.165) is 12.8 Å². The molecule has 1 aliphatic heterocycles. The van der Waals surface area contributed by atoms with Crippen LogP contribution < -0.4 is 4.74 Å². The number of halogens is 1. The summed E-state index contributed by atoms with van der Waals surface area (Å²) in [5.41, 5.74) is 0.499. The van der Waals surface area contributed by atoms with Gasteiger partial charge in [0.15, 0.2) is 0 Å². The van der Waals surface area contributed by atoms with Crippen LogP contribution in [-0.4, -0.2) is 38.8 Å². The van der Waals surface area contributed by atoms with Crippen LogP contribution in [0.2, 0.25) is 5.15 Å². The molecule has 1 fully saturated rings. The van der Waals surface area contributed by atoms with E-state index in [1.807, 2.05) is 0 Å². The first-order valence-electron chi connectivity index (χ1n) is 5.73. The molecule has 0 aliphatic carbocycles. The number of ether oxygens (including phenoxy) is 1. The average Bonchev–Trinajstić information content (AvgIpc) is 2.35. The molecule has 1 saturated heterocycles. The van der Waals surface area contributed by atoms with Gasteiger partial charge in [-0.15, -0.1) is 0 Å². The van der Waals surface area contributed by atoms with Crippen LogP contribution in [0.15, 0.2) is 6.33 Å². The van der Waals surface area contributed by atoms with Gasteiger partial charge in [-0.2, -0.15) is 0 Å². The van der Waals surface area contributed by atoms with Crippen molar-refractivity contribution in [2.75, 3.05) is 6.54 Å². The summed E-state index contributed by atoms with van der Waals surface area (Å²) in [6, 6.07) is 0. The SMILES string of the molecule is Cc1c(Cl)ncnc1OC(=O)N1CCCCC1O. The Morgan fingerprint density at radius 3 is 3.06 bits per heavy atom. The van der Waals surface area contributed by atoms with E-state index in [9.17, 15) is 9.90 Å². The number of carbonyl (C=O) groups is 1. The molecule has 0 radical (unpaired) electrons. The minimum Gasteiger partial charge on any atom is -0.391 e. The molecule has 0 aromatic carbocycles. The van der Waals surface area contributed by atoms with Crippen molar-refractivity contribution in [2.24, 2.45) is 0 Å². The topological polar surface area (TPSA) is 75.6 Å². The van der Waals surface area contributed by atoms with Crippen molar-refractivity contribution in [3.63, 3.8) is 0 Å². The maximum absolute atomic E-state index is 11.9. The predicted molar refractivity (Wildman–Crippen MR) is 64.4 cm³/mol. The van der Waals surface area contributed by atoms with Crippen molar-refractivity contribution in [2.45, 2.75) is 32.4 Å². The van der Waals surface area contributed by atoms with Gasteiger partial charge < -0.3 is 9.84 Å². The molecule has 18 heavy (non-hydrogen) atoms. The van der Waals surface area contributed by atoms with Crippen LogP contribution in [0.1, 0.15) is 24.8 Å². The summed E-state index contributed by atoms with van der Waals surface area (Å²) >= 11 is 5.81. The number of hydrogen-bond donors (Lipinski definition) is 1. The van der Waals surface area contributed by atoms with E-state index in [-0.39, 0.29) is 11.0 Å². The van der Waals surface area contributed by atoms with Crippen molar-refractivity contribution >= 4 is 17.7 Å². The fourth-order valence-electron chi connectivity index (χ4n) is 1.78. The number of aromatic nitrogens is 2. The standard InChI is InChI=1S/C11H14ClN3O3/c1-7-9(12)13-6-14-10(7)18-11(17)15-5-3-2-4-8(15)16/h6,8,16H,2-5H2,1H3. The van der Waals surface area contributed by atoms with Crippen LogP contribution in [0.25, 0.3) is 0 Å². The first-order valence-corrected chi connectivity index (χ1v) is 6.11. The molecule has 98 valence electrons. The monoisotopic (exact) mass is 271 g/mol. The van der Waals surface area contributed by atoms with E-state index in [1.54, 1.807) is 6.92 Å². The molecule has 1 aromatic rings. The lowest BCUT2D eigenvalue weighted by Gasteiger charge is -2.30. The second-order valence-electron chi connectivity index (χ2n) is 4.13. The van der Waals surface area contributed by atoms with Crippen molar-refractivity contribution in [1.29, 1.82) is 0 Å². The van der Waals surface area contributed by atoms with Gasteiger partial charge in [-0.25, -0.2) is 14.8 Å². The van der Waals surface area contributed by atoms with Crippen LogP contribution in [0.5, 0.6) is 5.88 Å². The maximum atomic E-state index is 11.9. The van der Waals surface area contributed by atoms with Crippen molar-refractivity contribution in [3.8, 4) is 5.88 Å². The number of amides is 1. The molecular formula is C11H14ClN3O3. The highest BCUT2D eigenvalue weighted by Gasteiger charge is 2.27. The molecule has 1 aliphatic rings. The molecule has 2 rings (SSSR count). The molecule has 1 amide bonds. The van der Waals surface area contributed by atoms with Crippen molar-refractivity contribution in [3.05, 3.63) is 17.0 Å². The molecular weight excluding hydrogens is 258 g/mol. The van der Waals surface area contributed by atoms with Gasteiger partial charge in [0.05, 0.1) is 0 Å². The number of nitrogens with zero attached hydrogens (tertiary/aromatic N) is 3. The summed E-state index contributed by atoms with van der Waals surface area (Å²) in [5, 5.41) is 9.95. The summed E-state index contributed by atoms with van der Waals surface area (Å²) in [5.74, 6) is 0.123. The third-order valence-electron chi connectivity index (χ3n) is 2.87.